The Kier molecular flexibility index (Phi) is 4.39. The minimum atomic E-state index is -6.35. The summed E-state index contributed by atoms with van der Waals surface area (Å²) in [6, 6.07) is 0. The van der Waals surface area contributed by atoms with E-state index in [1.54, 1.807) is 0 Å². The maximum absolute atomic E-state index is 13.0. The summed E-state index contributed by atoms with van der Waals surface area (Å²) in [7, 11) is 0. The fraction of sp³-hybridized carbons (Fsp3) is 0.500. The van der Waals surface area contributed by atoms with Crippen LogP contribution in [0.4, 0.5) is 26.3 Å². The van der Waals surface area contributed by atoms with E-state index < -0.39 is 41.7 Å². The maximum Gasteiger partial charge on any atom is 0.456 e. The van der Waals surface area contributed by atoms with Gasteiger partial charge in [-0.2, -0.15) is 22.0 Å². The van der Waals surface area contributed by atoms with Crippen molar-refractivity contribution in [2.45, 2.75) is 18.3 Å². The molecule has 0 aliphatic heterocycles. The van der Waals surface area contributed by atoms with Crippen LogP contribution in [-0.2, 0) is 9.59 Å². The third kappa shape index (κ3) is 2.93. The molecule has 4 nitrogen and oxygen atoms in total. The summed E-state index contributed by atoms with van der Waals surface area (Å²) < 4.78 is 73.6. The number of halogens is 6. The number of hydrogen-bond donors (Lipinski definition) is 2. The van der Waals surface area contributed by atoms with E-state index in [1.165, 1.54) is 0 Å². The molecule has 2 N–H and O–H groups in total. The van der Waals surface area contributed by atoms with Gasteiger partial charge in [0.1, 0.15) is 5.92 Å². The van der Waals surface area contributed by atoms with Crippen molar-refractivity contribution in [3.63, 3.8) is 0 Å². The molecule has 0 rings (SSSR count). The average Bonchev–Trinajstić information content (AvgIpc) is 2.14. The minimum Gasteiger partial charge on any atom is -0.481 e. The number of rotatable bonds is 5. The first-order valence-electron chi connectivity index (χ1n) is 4.07. The lowest BCUT2D eigenvalue weighted by Gasteiger charge is -2.26. The van der Waals surface area contributed by atoms with Crippen molar-refractivity contribution < 1.29 is 46.1 Å². The molecule has 0 heterocycles. The Morgan fingerprint density at radius 2 is 1.44 bits per heavy atom. The van der Waals surface area contributed by atoms with Gasteiger partial charge >= 0.3 is 24.0 Å². The van der Waals surface area contributed by atoms with Crippen LogP contribution in [0.15, 0.2) is 12.2 Å². The van der Waals surface area contributed by atoms with Crippen LogP contribution in [0.1, 0.15) is 0 Å². The molecule has 0 saturated carbocycles. The van der Waals surface area contributed by atoms with E-state index in [4.69, 9.17) is 10.2 Å². The van der Waals surface area contributed by atoms with Crippen LogP contribution in [0.3, 0.4) is 0 Å². The van der Waals surface area contributed by atoms with Gasteiger partial charge in [-0.15, -0.1) is 0 Å². The van der Waals surface area contributed by atoms with Crippen molar-refractivity contribution in [2.24, 2.45) is 5.92 Å². The highest BCUT2D eigenvalue weighted by Gasteiger charge is 2.66. The van der Waals surface area contributed by atoms with Crippen molar-refractivity contribution in [2.75, 3.05) is 0 Å². The van der Waals surface area contributed by atoms with Crippen molar-refractivity contribution >= 4 is 11.9 Å². The first-order chi connectivity index (χ1) is 7.84. The van der Waals surface area contributed by atoms with E-state index in [-0.39, 0.29) is 0 Å². The van der Waals surface area contributed by atoms with Crippen molar-refractivity contribution in [1.82, 2.24) is 0 Å². The highest BCUT2D eigenvalue weighted by molar-refractivity contribution is 5.93. The summed E-state index contributed by atoms with van der Waals surface area (Å²) in [4.78, 5) is 20.7. The highest BCUT2D eigenvalue weighted by atomic mass is 19.4. The van der Waals surface area contributed by atoms with Gasteiger partial charge in [-0.25, -0.2) is 9.18 Å². The summed E-state index contributed by atoms with van der Waals surface area (Å²) in [6.07, 6.45) is -10.6. The molecule has 0 radical (unpaired) electrons. The van der Waals surface area contributed by atoms with Crippen LogP contribution >= 0.6 is 0 Å². The predicted molar refractivity (Wildman–Crippen MR) is 43.8 cm³/mol. The summed E-state index contributed by atoms with van der Waals surface area (Å²) in [6.45, 7) is 2.47. The van der Waals surface area contributed by atoms with Crippen LogP contribution in [0.25, 0.3) is 0 Å². The molecule has 0 saturated heterocycles. The van der Waals surface area contributed by atoms with Gasteiger partial charge < -0.3 is 10.2 Å². The molecule has 2 unspecified atom stereocenters. The van der Waals surface area contributed by atoms with E-state index in [0.717, 1.165) is 0 Å². The lowest BCUT2D eigenvalue weighted by Crippen LogP contribution is -2.50. The van der Waals surface area contributed by atoms with Crippen molar-refractivity contribution in [1.29, 1.82) is 0 Å². The molecule has 0 spiro atoms. The molecule has 104 valence electrons. The second-order valence-corrected chi connectivity index (χ2v) is 3.17. The molecule has 0 aromatic rings. The molecule has 18 heavy (non-hydrogen) atoms. The molecule has 2 atom stereocenters. The second-order valence-electron chi connectivity index (χ2n) is 3.17. The van der Waals surface area contributed by atoms with Gasteiger partial charge in [0.2, 0.25) is 0 Å². The number of hydrogen-bond acceptors (Lipinski definition) is 2. The summed E-state index contributed by atoms with van der Waals surface area (Å²) in [5.74, 6) is -13.9. The summed E-state index contributed by atoms with van der Waals surface area (Å²) >= 11 is 0. The van der Waals surface area contributed by atoms with Gasteiger partial charge in [0.15, 0.2) is 6.17 Å². The summed E-state index contributed by atoms with van der Waals surface area (Å²) in [5, 5.41) is 16.6. The second kappa shape index (κ2) is 4.86. The number of carbonyl (C=O) groups is 2. The van der Waals surface area contributed by atoms with Gasteiger partial charge in [-0.3, -0.25) is 4.79 Å². The Hall–Kier alpha value is -1.74. The highest BCUT2D eigenvalue weighted by Crippen LogP contribution is 2.43. The molecular weight excluding hydrogens is 274 g/mol. The van der Waals surface area contributed by atoms with Crippen LogP contribution in [0.5, 0.6) is 0 Å². The van der Waals surface area contributed by atoms with E-state index >= 15 is 0 Å². The predicted octanol–water partition coefficient (Wildman–Crippen LogP) is 1.86. The molecule has 0 aliphatic carbocycles. The van der Waals surface area contributed by atoms with E-state index in [9.17, 15) is 35.9 Å². The third-order valence-electron chi connectivity index (χ3n) is 1.93. The Bertz CT molecular complexity index is 374. The van der Waals surface area contributed by atoms with Gasteiger partial charge in [0.25, 0.3) is 0 Å². The molecule has 0 aliphatic rings. The number of carboxylic acids is 2. The quantitative estimate of drug-likeness (QED) is 0.595. The van der Waals surface area contributed by atoms with Crippen LogP contribution in [0.2, 0.25) is 0 Å². The Balaban J connectivity index is 5.49. The molecular formula is C8H6F6O4. The zero-order valence-corrected chi connectivity index (χ0v) is 8.34. The zero-order valence-electron chi connectivity index (χ0n) is 8.34. The van der Waals surface area contributed by atoms with Crippen molar-refractivity contribution in [3.05, 3.63) is 12.2 Å². The Labute approximate surface area is 95.5 Å². The van der Waals surface area contributed by atoms with E-state index in [2.05, 4.69) is 6.58 Å². The van der Waals surface area contributed by atoms with E-state index in [1.807, 2.05) is 0 Å². The topological polar surface area (TPSA) is 74.6 Å². The van der Waals surface area contributed by atoms with Gasteiger partial charge in [0, 0.05) is 5.57 Å². The number of alkyl halides is 6. The van der Waals surface area contributed by atoms with Gasteiger partial charge in [-0.05, 0) is 0 Å². The molecule has 0 fully saturated rings. The normalized spacial score (nSPS) is 15.9. The summed E-state index contributed by atoms with van der Waals surface area (Å²) in [5.41, 5.74) is -1.61. The number of aliphatic carboxylic acids is 2. The largest absolute Gasteiger partial charge is 0.481 e. The van der Waals surface area contributed by atoms with E-state index in [0.29, 0.717) is 0 Å². The third-order valence-corrected chi connectivity index (χ3v) is 1.93. The lowest BCUT2D eigenvalue weighted by molar-refractivity contribution is -0.307. The Morgan fingerprint density at radius 3 is 1.67 bits per heavy atom. The lowest BCUT2D eigenvalue weighted by atomic mass is 9.91. The minimum absolute atomic E-state index is 1.61. The van der Waals surface area contributed by atoms with Gasteiger partial charge in [-0.1, -0.05) is 6.58 Å². The smallest absolute Gasteiger partial charge is 0.456 e. The molecule has 0 amide bonds. The molecule has 10 heteroatoms. The van der Waals surface area contributed by atoms with Gasteiger partial charge in [0.05, 0.1) is 0 Å². The van der Waals surface area contributed by atoms with Crippen LogP contribution < -0.4 is 0 Å². The maximum atomic E-state index is 13.0. The molecule has 0 aromatic heterocycles. The fourth-order valence-corrected chi connectivity index (χ4v) is 0.950. The standard InChI is InChI=1S/C8H6F6O4/c1-2(5(15)16)3(6(17)18)4(9)7(10,11)8(12,13)14/h3-4H,1H2,(H,15,16)(H,17,18). The molecule has 0 aromatic carbocycles. The monoisotopic (exact) mass is 280 g/mol. The SMILES string of the molecule is C=C(C(=O)O)C(C(=O)O)C(F)C(F)(F)C(F)(F)F. The van der Waals surface area contributed by atoms with Crippen LogP contribution in [0, 0.1) is 5.92 Å². The fourth-order valence-electron chi connectivity index (χ4n) is 0.950. The first kappa shape index (κ1) is 16.3. The first-order valence-corrected chi connectivity index (χ1v) is 4.07. The number of carboxylic acid groups (broad SMARTS) is 2. The molecule has 0 bridgehead atoms. The Morgan fingerprint density at radius 1 is 1.06 bits per heavy atom. The van der Waals surface area contributed by atoms with Crippen molar-refractivity contribution in [3.8, 4) is 0 Å². The zero-order chi connectivity index (χ0) is 14.9. The average molecular weight is 280 g/mol. The van der Waals surface area contributed by atoms with Crippen LogP contribution in [-0.4, -0.2) is 40.4 Å².